The minimum atomic E-state index is -0.338. The van der Waals surface area contributed by atoms with Crippen LogP contribution in [-0.4, -0.2) is 31.1 Å². The van der Waals surface area contributed by atoms with Gasteiger partial charge in [0.2, 0.25) is 5.13 Å². The van der Waals surface area contributed by atoms with Crippen molar-refractivity contribution in [3.63, 3.8) is 0 Å². The lowest BCUT2D eigenvalue weighted by molar-refractivity contribution is 0.102. The lowest BCUT2D eigenvalue weighted by Crippen LogP contribution is -2.12. The van der Waals surface area contributed by atoms with Gasteiger partial charge in [-0.1, -0.05) is 16.6 Å². The number of rotatable bonds is 2. The van der Waals surface area contributed by atoms with E-state index in [2.05, 4.69) is 25.8 Å². The molecule has 7 nitrogen and oxygen atoms in total. The molecule has 0 spiro atoms. The van der Waals surface area contributed by atoms with Crippen LogP contribution in [0, 0.1) is 0 Å². The molecule has 0 bridgehead atoms. The molecule has 72 valence electrons. The van der Waals surface area contributed by atoms with Crippen LogP contribution in [0.5, 0.6) is 0 Å². The number of nitrogens with one attached hydrogen (secondary N) is 1. The van der Waals surface area contributed by atoms with Gasteiger partial charge in [0.15, 0.2) is 5.69 Å². The third-order valence-electron chi connectivity index (χ3n) is 1.42. The van der Waals surface area contributed by atoms with E-state index in [4.69, 9.17) is 0 Å². The fraction of sp³-hybridized carbons (Fsp3) is 0.167. The highest BCUT2D eigenvalue weighted by Gasteiger charge is 2.10. The molecule has 1 amide bonds. The number of carbonyl (C=O) groups is 1. The van der Waals surface area contributed by atoms with Gasteiger partial charge >= 0.3 is 0 Å². The van der Waals surface area contributed by atoms with Crippen molar-refractivity contribution in [3.8, 4) is 0 Å². The number of anilines is 1. The molecule has 2 aromatic heterocycles. The zero-order chi connectivity index (χ0) is 9.97. The minimum Gasteiger partial charge on any atom is -0.295 e. The molecule has 0 radical (unpaired) electrons. The largest absolute Gasteiger partial charge is 0.295 e. The van der Waals surface area contributed by atoms with Gasteiger partial charge in [-0.05, 0) is 0 Å². The van der Waals surface area contributed by atoms with Crippen molar-refractivity contribution in [2.45, 2.75) is 0 Å². The summed E-state index contributed by atoms with van der Waals surface area (Å²) in [6, 6.07) is 0. The number of hydrogen-bond acceptors (Lipinski definition) is 6. The Kier molecular flexibility index (Phi) is 2.19. The lowest BCUT2D eigenvalue weighted by atomic mass is 10.4. The summed E-state index contributed by atoms with van der Waals surface area (Å²) in [6.07, 6.45) is 1.52. The number of hydrogen-bond donors (Lipinski definition) is 1. The summed E-state index contributed by atoms with van der Waals surface area (Å²) in [5.74, 6) is -0.338. The zero-order valence-electron chi connectivity index (χ0n) is 7.21. The number of amides is 1. The topological polar surface area (TPSA) is 85.6 Å². The summed E-state index contributed by atoms with van der Waals surface area (Å²) in [7, 11) is 1.69. The second-order valence-electron chi connectivity index (χ2n) is 2.48. The van der Waals surface area contributed by atoms with Gasteiger partial charge < -0.3 is 0 Å². The van der Waals surface area contributed by atoms with Crippen LogP contribution < -0.4 is 5.32 Å². The van der Waals surface area contributed by atoms with Crippen molar-refractivity contribution in [1.82, 2.24) is 25.2 Å². The lowest BCUT2D eigenvalue weighted by Gasteiger charge is -1.94. The van der Waals surface area contributed by atoms with Gasteiger partial charge in [0.25, 0.3) is 5.91 Å². The predicted octanol–water partition coefficient (Wildman–Crippen LogP) is -0.0811. The van der Waals surface area contributed by atoms with Gasteiger partial charge in [0.1, 0.15) is 5.51 Å². The summed E-state index contributed by atoms with van der Waals surface area (Å²) in [4.78, 5) is 11.4. The molecule has 0 aromatic carbocycles. The third-order valence-corrected chi connectivity index (χ3v) is 2.02. The molecule has 0 aliphatic carbocycles. The van der Waals surface area contributed by atoms with E-state index in [1.54, 1.807) is 7.05 Å². The minimum absolute atomic E-state index is 0.252. The van der Waals surface area contributed by atoms with Crippen LogP contribution in [0.3, 0.4) is 0 Å². The van der Waals surface area contributed by atoms with E-state index in [0.717, 1.165) is 0 Å². The first-order valence-electron chi connectivity index (χ1n) is 3.69. The second kappa shape index (κ2) is 3.50. The highest BCUT2D eigenvalue weighted by Crippen LogP contribution is 2.08. The van der Waals surface area contributed by atoms with Crippen LogP contribution in [0.1, 0.15) is 10.5 Å². The van der Waals surface area contributed by atoms with Gasteiger partial charge in [-0.3, -0.25) is 14.8 Å². The first-order chi connectivity index (χ1) is 6.75. The van der Waals surface area contributed by atoms with Crippen molar-refractivity contribution in [2.75, 3.05) is 5.32 Å². The van der Waals surface area contributed by atoms with Crippen molar-refractivity contribution < 1.29 is 4.79 Å². The molecule has 0 aliphatic heterocycles. The maximum Gasteiger partial charge on any atom is 0.279 e. The number of nitrogens with zero attached hydrogens (tertiary/aromatic N) is 5. The SMILES string of the molecule is Cn1cc(C(=O)Nc2nncs2)nn1. The van der Waals surface area contributed by atoms with Crippen molar-refractivity contribution in [3.05, 3.63) is 17.4 Å². The Morgan fingerprint density at radius 2 is 2.43 bits per heavy atom. The number of aromatic nitrogens is 5. The quantitative estimate of drug-likeness (QED) is 0.749. The Hall–Kier alpha value is -1.83. The van der Waals surface area contributed by atoms with E-state index in [9.17, 15) is 4.79 Å². The van der Waals surface area contributed by atoms with Gasteiger partial charge in [-0.25, -0.2) is 0 Å². The van der Waals surface area contributed by atoms with Gasteiger partial charge in [-0.2, -0.15) is 0 Å². The normalized spacial score (nSPS) is 10.1. The Balaban J connectivity index is 2.10. The fourth-order valence-corrected chi connectivity index (χ4v) is 1.28. The maximum absolute atomic E-state index is 11.4. The molecule has 2 heterocycles. The van der Waals surface area contributed by atoms with Crippen molar-refractivity contribution in [2.24, 2.45) is 7.05 Å². The van der Waals surface area contributed by atoms with Gasteiger partial charge in [0, 0.05) is 7.05 Å². The summed E-state index contributed by atoms with van der Waals surface area (Å²) < 4.78 is 1.45. The van der Waals surface area contributed by atoms with E-state index in [0.29, 0.717) is 5.13 Å². The molecule has 0 aliphatic rings. The summed E-state index contributed by atoms with van der Waals surface area (Å²) >= 11 is 1.24. The van der Waals surface area contributed by atoms with Crippen LogP contribution in [0.25, 0.3) is 0 Å². The Labute approximate surface area is 82.8 Å². The molecule has 0 atom stereocenters. The highest BCUT2D eigenvalue weighted by atomic mass is 32.1. The Morgan fingerprint density at radius 3 is 3.00 bits per heavy atom. The molecule has 0 saturated carbocycles. The molecular formula is C6H6N6OS. The van der Waals surface area contributed by atoms with E-state index in [1.165, 1.54) is 27.7 Å². The van der Waals surface area contributed by atoms with E-state index in [1.807, 2.05) is 0 Å². The number of aryl methyl sites for hydroxylation is 1. The molecule has 0 saturated heterocycles. The summed E-state index contributed by atoms with van der Waals surface area (Å²) in [5, 5.41) is 17.5. The number of carbonyl (C=O) groups excluding carboxylic acids is 1. The molecule has 1 N–H and O–H groups in total. The summed E-state index contributed by atoms with van der Waals surface area (Å²) in [5.41, 5.74) is 1.79. The van der Waals surface area contributed by atoms with Crippen LogP contribution in [-0.2, 0) is 7.05 Å². The van der Waals surface area contributed by atoms with Gasteiger partial charge in [-0.15, -0.1) is 15.3 Å². The van der Waals surface area contributed by atoms with Crippen molar-refractivity contribution >= 4 is 22.4 Å². The summed E-state index contributed by atoms with van der Waals surface area (Å²) in [6.45, 7) is 0. The molecule has 2 aromatic rings. The smallest absolute Gasteiger partial charge is 0.279 e. The van der Waals surface area contributed by atoms with Gasteiger partial charge in [0.05, 0.1) is 6.20 Å². The van der Waals surface area contributed by atoms with Crippen LogP contribution in [0.2, 0.25) is 0 Å². The average molecular weight is 210 g/mol. The monoisotopic (exact) mass is 210 g/mol. The maximum atomic E-state index is 11.4. The molecule has 0 unspecified atom stereocenters. The third kappa shape index (κ3) is 1.74. The first-order valence-corrected chi connectivity index (χ1v) is 4.57. The van der Waals surface area contributed by atoms with E-state index in [-0.39, 0.29) is 11.6 Å². The fourth-order valence-electron chi connectivity index (χ4n) is 0.840. The Morgan fingerprint density at radius 1 is 1.57 bits per heavy atom. The van der Waals surface area contributed by atoms with Crippen molar-refractivity contribution in [1.29, 1.82) is 0 Å². The van der Waals surface area contributed by atoms with E-state index < -0.39 is 0 Å². The molecule has 8 heteroatoms. The zero-order valence-corrected chi connectivity index (χ0v) is 8.02. The molecule has 14 heavy (non-hydrogen) atoms. The standard InChI is InChI=1S/C6H6N6OS/c1-12-2-4(9-11-12)5(13)8-6-10-7-3-14-6/h2-3H,1H3,(H,8,10,13). The molecular weight excluding hydrogens is 204 g/mol. The molecule has 2 rings (SSSR count). The first kappa shape index (κ1) is 8.75. The van der Waals surface area contributed by atoms with Crippen LogP contribution in [0.15, 0.2) is 11.7 Å². The Bertz CT molecular complexity index is 435. The second-order valence-corrected chi connectivity index (χ2v) is 3.31. The van der Waals surface area contributed by atoms with Crippen LogP contribution in [0.4, 0.5) is 5.13 Å². The predicted molar refractivity (Wildman–Crippen MR) is 48.9 cm³/mol. The van der Waals surface area contributed by atoms with Crippen LogP contribution >= 0.6 is 11.3 Å². The molecule has 0 fully saturated rings. The van der Waals surface area contributed by atoms with E-state index >= 15 is 0 Å². The average Bonchev–Trinajstić information content (AvgIpc) is 2.75. The highest BCUT2D eigenvalue weighted by molar-refractivity contribution is 7.13.